The molecule has 0 atom stereocenters. The van der Waals surface area contributed by atoms with Crippen LogP contribution in [0.3, 0.4) is 0 Å². The molecule has 0 aliphatic heterocycles. The van der Waals surface area contributed by atoms with Crippen LogP contribution >= 0.6 is 0 Å². The number of carbonyl (C=O) groups is 1. The maximum absolute atomic E-state index is 12.0. The Hall–Kier alpha value is -2.75. The molecule has 0 fully saturated rings. The topological polar surface area (TPSA) is 54.9 Å². The summed E-state index contributed by atoms with van der Waals surface area (Å²) in [6.07, 6.45) is 3.72. The van der Waals surface area contributed by atoms with E-state index in [-0.39, 0.29) is 12.3 Å². The molecule has 4 nitrogen and oxygen atoms in total. The number of hydrogen-bond acceptors (Lipinski definition) is 3. The Morgan fingerprint density at radius 3 is 2.67 bits per heavy atom. The van der Waals surface area contributed by atoms with Crippen molar-refractivity contribution in [3.05, 3.63) is 72.2 Å². The molecule has 21 heavy (non-hydrogen) atoms. The zero-order valence-electron chi connectivity index (χ0n) is 11.5. The minimum atomic E-state index is -0.0328. The fourth-order valence-electron chi connectivity index (χ4n) is 2.13. The third-order valence-electron chi connectivity index (χ3n) is 3.24. The molecule has 1 N–H and O–H groups in total. The van der Waals surface area contributed by atoms with Crippen molar-refractivity contribution in [3.8, 4) is 0 Å². The summed E-state index contributed by atoms with van der Waals surface area (Å²) in [6, 6.07) is 15.5. The number of nitrogens with zero attached hydrogens (tertiary/aromatic N) is 2. The molecule has 3 rings (SSSR count). The van der Waals surface area contributed by atoms with Crippen LogP contribution in [0.4, 0.5) is 0 Å². The molecule has 3 aromatic rings. The number of pyridine rings is 2. The van der Waals surface area contributed by atoms with E-state index in [1.54, 1.807) is 12.4 Å². The molecule has 4 heteroatoms. The molecule has 0 radical (unpaired) electrons. The van der Waals surface area contributed by atoms with Crippen LogP contribution in [-0.2, 0) is 17.8 Å². The minimum absolute atomic E-state index is 0.0328. The van der Waals surface area contributed by atoms with Gasteiger partial charge in [0.1, 0.15) is 0 Å². The summed E-state index contributed by atoms with van der Waals surface area (Å²) < 4.78 is 0. The highest BCUT2D eigenvalue weighted by Gasteiger charge is 2.05. The number of amides is 1. The van der Waals surface area contributed by atoms with Gasteiger partial charge in [-0.3, -0.25) is 14.8 Å². The fraction of sp³-hybridized carbons (Fsp3) is 0.118. The highest BCUT2D eigenvalue weighted by atomic mass is 16.1. The maximum Gasteiger partial charge on any atom is 0.226 e. The number of hydrogen-bond donors (Lipinski definition) is 1. The monoisotopic (exact) mass is 277 g/mol. The van der Waals surface area contributed by atoms with E-state index in [0.717, 1.165) is 22.2 Å². The third-order valence-corrected chi connectivity index (χ3v) is 3.24. The van der Waals surface area contributed by atoms with Crippen molar-refractivity contribution in [2.24, 2.45) is 0 Å². The van der Waals surface area contributed by atoms with Gasteiger partial charge in [-0.25, -0.2) is 0 Å². The first-order valence-electron chi connectivity index (χ1n) is 6.81. The zero-order chi connectivity index (χ0) is 14.5. The van der Waals surface area contributed by atoms with E-state index in [4.69, 9.17) is 0 Å². The fourth-order valence-corrected chi connectivity index (χ4v) is 2.13. The zero-order valence-corrected chi connectivity index (χ0v) is 11.5. The molecule has 0 aliphatic carbocycles. The van der Waals surface area contributed by atoms with Crippen LogP contribution in [0.25, 0.3) is 10.9 Å². The van der Waals surface area contributed by atoms with Gasteiger partial charge in [0.05, 0.1) is 17.6 Å². The standard InChI is InChI=1S/C17H15N3O/c21-17(19-12-13-7-9-18-10-8-13)11-15-6-5-14-3-1-2-4-16(14)20-15/h1-10H,11-12H2,(H,19,21). The Balaban J connectivity index is 1.63. The summed E-state index contributed by atoms with van der Waals surface area (Å²) in [4.78, 5) is 20.4. The van der Waals surface area contributed by atoms with Gasteiger partial charge in [-0.1, -0.05) is 24.3 Å². The van der Waals surface area contributed by atoms with Crippen LogP contribution in [0.2, 0.25) is 0 Å². The summed E-state index contributed by atoms with van der Waals surface area (Å²) >= 11 is 0. The highest BCUT2D eigenvalue weighted by molar-refractivity contribution is 5.81. The normalized spacial score (nSPS) is 10.5. The van der Waals surface area contributed by atoms with Gasteiger partial charge >= 0.3 is 0 Å². The second-order valence-electron chi connectivity index (χ2n) is 4.80. The summed E-state index contributed by atoms with van der Waals surface area (Å²) in [5, 5.41) is 3.97. The van der Waals surface area contributed by atoms with Gasteiger partial charge in [0.2, 0.25) is 5.91 Å². The van der Waals surface area contributed by atoms with Gasteiger partial charge in [-0.2, -0.15) is 0 Å². The number of fused-ring (bicyclic) bond motifs is 1. The Bertz CT molecular complexity index is 756. The summed E-state index contributed by atoms with van der Waals surface area (Å²) in [5.74, 6) is -0.0328. The van der Waals surface area contributed by atoms with Gasteiger partial charge < -0.3 is 5.32 Å². The quantitative estimate of drug-likeness (QED) is 0.797. The van der Waals surface area contributed by atoms with Crippen molar-refractivity contribution in [3.63, 3.8) is 0 Å². The SMILES string of the molecule is O=C(Cc1ccc2ccccc2n1)NCc1ccncc1. The van der Waals surface area contributed by atoms with Gasteiger partial charge in [0.25, 0.3) is 0 Å². The van der Waals surface area contributed by atoms with Crippen molar-refractivity contribution in [2.75, 3.05) is 0 Å². The summed E-state index contributed by atoms with van der Waals surface area (Å²) in [5.41, 5.74) is 2.72. The van der Waals surface area contributed by atoms with E-state index in [1.807, 2.05) is 48.5 Å². The van der Waals surface area contributed by atoms with Crippen LogP contribution < -0.4 is 5.32 Å². The Morgan fingerprint density at radius 1 is 1.00 bits per heavy atom. The molecule has 2 aromatic heterocycles. The first-order valence-corrected chi connectivity index (χ1v) is 6.81. The van der Waals surface area contributed by atoms with Gasteiger partial charge in [-0.15, -0.1) is 0 Å². The predicted octanol–water partition coefficient (Wildman–Crippen LogP) is 2.49. The molecule has 2 heterocycles. The van der Waals surface area contributed by atoms with Gasteiger partial charge in [0.15, 0.2) is 0 Å². The average Bonchev–Trinajstić information content (AvgIpc) is 2.54. The molecule has 104 valence electrons. The molecule has 0 spiro atoms. The molecule has 0 saturated heterocycles. The molecular formula is C17H15N3O. The van der Waals surface area contributed by atoms with Crippen molar-refractivity contribution in [2.45, 2.75) is 13.0 Å². The van der Waals surface area contributed by atoms with Crippen LogP contribution in [-0.4, -0.2) is 15.9 Å². The maximum atomic E-state index is 12.0. The van der Waals surface area contributed by atoms with Crippen LogP contribution in [0, 0.1) is 0 Å². The van der Waals surface area contributed by atoms with Crippen molar-refractivity contribution in [1.29, 1.82) is 0 Å². The Kier molecular flexibility index (Phi) is 3.87. The van der Waals surface area contributed by atoms with Crippen LogP contribution in [0.1, 0.15) is 11.3 Å². The number of carbonyl (C=O) groups excluding carboxylic acids is 1. The Morgan fingerprint density at radius 2 is 1.81 bits per heavy atom. The number of aromatic nitrogens is 2. The molecule has 1 aromatic carbocycles. The van der Waals surface area contributed by atoms with E-state index in [0.29, 0.717) is 6.54 Å². The summed E-state index contributed by atoms with van der Waals surface area (Å²) in [6.45, 7) is 0.509. The average molecular weight is 277 g/mol. The first-order chi connectivity index (χ1) is 10.3. The highest BCUT2D eigenvalue weighted by Crippen LogP contribution is 2.12. The molecule has 1 amide bonds. The van der Waals surface area contributed by atoms with Crippen molar-refractivity contribution in [1.82, 2.24) is 15.3 Å². The smallest absolute Gasteiger partial charge is 0.226 e. The van der Waals surface area contributed by atoms with E-state index >= 15 is 0 Å². The molecular weight excluding hydrogens is 262 g/mol. The van der Waals surface area contributed by atoms with E-state index in [2.05, 4.69) is 15.3 Å². The second kappa shape index (κ2) is 6.13. The predicted molar refractivity (Wildman–Crippen MR) is 81.5 cm³/mol. The third kappa shape index (κ3) is 3.42. The minimum Gasteiger partial charge on any atom is -0.352 e. The lowest BCUT2D eigenvalue weighted by Gasteiger charge is -2.06. The Labute approximate surface area is 122 Å². The molecule has 0 unspecified atom stereocenters. The molecule has 0 saturated carbocycles. The molecule has 0 bridgehead atoms. The van der Waals surface area contributed by atoms with E-state index in [1.165, 1.54) is 0 Å². The van der Waals surface area contributed by atoms with Crippen LogP contribution in [0.15, 0.2) is 60.9 Å². The number of para-hydroxylation sites is 1. The van der Waals surface area contributed by atoms with Crippen molar-refractivity contribution < 1.29 is 4.79 Å². The number of nitrogens with one attached hydrogen (secondary N) is 1. The van der Waals surface area contributed by atoms with Crippen LogP contribution in [0.5, 0.6) is 0 Å². The number of benzene rings is 1. The van der Waals surface area contributed by atoms with Gasteiger partial charge in [0, 0.05) is 24.3 Å². The lowest BCUT2D eigenvalue weighted by molar-refractivity contribution is -0.120. The van der Waals surface area contributed by atoms with E-state index < -0.39 is 0 Å². The summed E-state index contributed by atoms with van der Waals surface area (Å²) in [7, 11) is 0. The van der Waals surface area contributed by atoms with E-state index in [9.17, 15) is 4.79 Å². The van der Waals surface area contributed by atoms with Crippen molar-refractivity contribution >= 4 is 16.8 Å². The van der Waals surface area contributed by atoms with Gasteiger partial charge in [-0.05, 0) is 29.8 Å². The lowest BCUT2D eigenvalue weighted by atomic mass is 10.2. The lowest BCUT2D eigenvalue weighted by Crippen LogP contribution is -2.24. The largest absolute Gasteiger partial charge is 0.352 e. The number of rotatable bonds is 4. The second-order valence-corrected chi connectivity index (χ2v) is 4.80. The molecule has 0 aliphatic rings. The first kappa shape index (κ1) is 13.2.